The normalized spacial score (nSPS) is 23.5. The Labute approximate surface area is 113 Å². The second-order valence-corrected chi connectivity index (χ2v) is 5.98. The highest BCUT2D eigenvalue weighted by Crippen LogP contribution is 2.35. The van der Waals surface area contributed by atoms with E-state index >= 15 is 0 Å². The number of hydrogen-bond donors (Lipinski definition) is 2. The molecule has 1 fully saturated rings. The van der Waals surface area contributed by atoms with E-state index in [0.29, 0.717) is 12.5 Å². The number of carbonyl (C=O) groups is 1. The molecule has 2 rings (SSSR count). The van der Waals surface area contributed by atoms with Gasteiger partial charge in [-0.2, -0.15) is 0 Å². The summed E-state index contributed by atoms with van der Waals surface area (Å²) in [5.74, 6) is 1.18. The Bertz CT molecular complexity index is 428. The topological polar surface area (TPSA) is 79.7 Å². The van der Waals surface area contributed by atoms with Crippen LogP contribution in [0.1, 0.15) is 44.9 Å². The lowest BCUT2D eigenvalue weighted by Gasteiger charge is -2.28. The fraction of sp³-hybridized carbons (Fsp3) is 0.643. The van der Waals surface area contributed by atoms with E-state index in [4.69, 9.17) is 10.2 Å². The van der Waals surface area contributed by atoms with Gasteiger partial charge in [0, 0.05) is 12.1 Å². The van der Waals surface area contributed by atoms with Crippen LogP contribution in [-0.4, -0.2) is 28.2 Å². The van der Waals surface area contributed by atoms with Crippen LogP contribution in [0.15, 0.2) is 22.8 Å². The van der Waals surface area contributed by atoms with Crippen molar-refractivity contribution >= 4 is 6.09 Å². The van der Waals surface area contributed by atoms with Crippen LogP contribution in [0.25, 0.3) is 0 Å². The standard InChI is InChI=1S/C14H22N2O3/c1-14(2)8-10(9-16(14)13(17)18)5-6-11(15)12-4-3-7-19-12/h3-4,7,10-11H,5-6,8-9,15H2,1-2H3,(H,17,18)/t10-,11?/m0/s1. The molecule has 19 heavy (non-hydrogen) atoms. The Morgan fingerprint density at radius 2 is 2.42 bits per heavy atom. The molecule has 5 heteroatoms. The molecule has 1 saturated heterocycles. The summed E-state index contributed by atoms with van der Waals surface area (Å²) in [5, 5.41) is 9.18. The predicted octanol–water partition coefficient (Wildman–Crippen LogP) is 2.84. The van der Waals surface area contributed by atoms with E-state index in [-0.39, 0.29) is 11.6 Å². The minimum Gasteiger partial charge on any atom is -0.468 e. The molecule has 1 aliphatic heterocycles. The van der Waals surface area contributed by atoms with Crippen molar-refractivity contribution in [1.29, 1.82) is 0 Å². The number of nitrogens with zero attached hydrogens (tertiary/aromatic N) is 1. The molecule has 0 bridgehead atoms. The third-order valence-electron chi connectivity index (χ3n) is 3.99. The van der Waals surface area contributed by atoms with E-state index in [1.54, 1.807) is 6.26 Å². The Hall–Kier alpha value is -1.49. The molecule has 1 aromatic heterocycles. The molecule has 3 N–H and O–H groups in total. The molecule has 0 aliphatic carbocycles. The van der Waals surface area contributed by atoms with Crippen molar-refractivity contribution in [3.8, 4) is 0 Å². The average molecular weight is 266 g/mol. The minimum atomic E-state index is -0.831. The summed E-state index contributed by atoms with van der Waals surface area (Å²) in [6, 6.07) is 3.62. The van der Waals surface area contributed by atoms with Crippen LogP contribution in [-0.2, 0) is 0 Å². The van der Waals surface area contributed by atoms with Crippen molar-refractivity contribution in [2.24, 2.45) is 11.7 Å². The van der Waals surface area contributed by atoms with Crippen LogP contribution in [0.2, 0.25) is 0 Å². The fourth-order valence-corrected chi connectivity index (χ4v) is 2.98. The van der Waals surface area contributed by atoms with Crippen LogP contribution in [0.5, 0.6) is 0 Å². The zero-order chi connectivity index (χ0) is 14.0. The van der Waals surface area contributed by atoms with Gasteiger partial charge < -0.3 is 20.2 Å². The first-order chi connectivity index (χ1) is 8.90. The van der Waals surface area contributed by atoms with Gasteiger partial charge in [-0.3, -0.25) is 0 Å². The monoisotopic (exact) mass is 266 g/mol. The zero-order valence-electron chi connectivity index (χ0n) is 11.5. The van der Waals surface area contributed by atoms with E-state index in [9.17, 15) is 9.90 Å². The Kier molecular flexibility index (Phi) is 3.85. The molecule has 106 valence electrons. The Balaban J connectivity index is 1.87. The summed E-state index contributed by atoms with van der Waals surface area (Å²) in [6.45, 7) is 4.56. The summed E-state index contributed by atoms with van der Waals surface area (Å²) in [5.41, 5.74) is 5.78. The molecular weight excluding hydrogens is 244 g/mol. The summed E-state index contributed by atoms with van der Waals surface area (Å²) in [4.78, 5) is 12.7. The summed E-state index contributed by atoms with van der Waals surface area (Å²) in [7, 11) is 0. The van der Waals surface area contributed by atoms with E-state index in [1.165, 1.54) is 4.90 Å². The average Bonchev–Trinajstić information content (AvgIpc) is 2.92. The molecule has 0 aromatic carbocycles. The summed E-state index contributed by atoms with van der Waals surface area (Å²) >= 11 is 0. The maximum atomic E-state index is 11.2. The highest BCUT2D eigenvalue weighted by molar-refractivity contribution is 5.66. The van der Waals surface area contributed by atoms with Crippen molar-refractivity contribution in [2.75, 3.05) is 6.54 Å². The van der Waals surface area contributed by atoms with Crippen LogP contribution in [0.3, 0.4) is 0 Å². The van der Waals surface area contributed by atoms with Gasteiger partial charge in [0.15, 0.2) is 0 Å². The van der Waals surface area contributed by atoms with E-state index in [1.807, 2.05) is 26.0 Å². The molecule has 1 aromatic rings. The fourth-order valence-electron chi connectivity index (χ4n) is 2.98. The van der Waals surface area contributed by atoms with Crippen LogP contribution >= 0.6 is 0 Å². The van der Waals surface area contributed by atoms with Gasteiger partial charge >= 0.3 is 6.09 Å². The predicted molar refractivity (Wildman–Crippen MR) is 71.8 cm³/mol. The largest absolute Gasteiger partial charge is 0.468 e. The first-order valence-electron chi connectivity index (χ1n) is 6.69. The lowest BCUT2D eigenvalue weighted by atomic mass is 9.92. The van der Waals surface area contributed by atoms with Gasteiger partial charge in [-0.1, -0.05) is 0 Å². The molecule has 2 atom stereocenters. The van der Waals surface area contributed by atoms with Gasteiger partial charge in [0.1, 0.15) is 5.76 Å². The van der Waals surface area contributed by atoms with Crippen LogP contribution < -0.4 is 5.73 Å². The molecule has 1 amide bonds. The summed E-state index contributed by atoms with van der Waals surface area (Å²) < 4.78 is 5.28. The smallest absolute Gasteiger partial charge is 0.407 e. The van der Waals surface area contributed by atoms with Crippen LogP contribution in [0, 0.1) is 5.92 Å². The number of amides is 1. The number of carboxylic acid groups (broad SMARTS) is 1. The van der Waals surface area contributed by atoms with Crippen LogP contribution in [0.4, 0.5) is 4.79 Å². The van der Waals surface area contributed by atoms with E-state index in [2.05, 4.69) is 0 Å². The maximum Gasteiger partial charge on any atom is 0.407 e. The van der Waals surface area contributed by atoms with Crippen molar-refractivity contribution in [1.82, 2.24) is 4.90 Å². The molecule has 0 spiro atoms. The second kappa shape index (κ2) is 5.25. The Morgan fingerprint density at radius 3 is 2.95 bits per heavy atom. The molecule has 1 unspecified atom stereocenters. The molecule has 1 aliphatic rings. The first kappa shape index (κ1) is 13.9. The summed E-state index contributed by atoms with van der Waals surface area (Å²) in [6.07, 6.45) is 3.43. The minimum absolute atomic E-state index is 0.100. The van der Waals surface area contributed by atoms with Gasteiger partial charge in [-0.25, -0.2) is 4.79 Å². The SMILES string of the molecule is CC1(C)C[C@H](CCC(N)c2ccco2)CN1C(=O)O. The van der Waals surface area contributed by atoms with E-state index < -0.39 is 6.09 Å². The van der Waals surface area contributed by atoms with Crippen molar-refractivity contribution in [2.45, 2.75) is 44.7 Å². The lowest BCUT2D eigenvalue weighted by molar-refractivity contribution is 0.117. The van der Waals surface area contributed by atoms with Gasteiger partial charge in [0.05, 0.1) is 12.3 Å². The van der Waals surface area contributed by atoms with Gasteiger partial charge in [0.2, 0.25) is 0 Å². The van der Waals surface area contributed by atoms with Crippen molar-refractivity contribution in [3.63, 3.8) is 0 Å². The molecule has 0 saturated carbocycles. The number of rotatable bonds is 4. The van der Waals surface area contributed by atoms with Crippen molar-refractivity contribution in [3.05, 3.63) is 24.2 Å². The molecule has 2 heterocycles. The van der Waals surface area contributed by atoms with Crippen molar-refractivity contribution < 1.29 is 14.3 Å². The number of hydrogen-bond acceptors (Lipinski definition) is 3. The van der Waals surface area contributed by atoms with Gasteiger partial charge in [-0.15, -0.1) is 0 Å². The Morgan fingerprint density at radius 1 is 1.68 bits per heavy atom. The highest BCUT2D eigenvalue weighted by atomic mass is 16.4. The molecule has 0 radical (unpaired) electrons. The molecular formula is C14H22N2O3. The lowest BCUT2D eigenvalue weighted by Crippen LogP contribution is -2.41. The van der Waals surface area contributed by atoms with Gasteiger partial charge in [-0.05, 0) is 51.2 Å². The first-order valence-corrected chi connectivity index (χ1v) is 6.69. The molecule has 5 nitrogen and oxygen atoms in total. The number of nitrogens with two attached hydrogens (primary N) is 1. The second-order valence-electron chi connectivity index (χ2n) is 5.98. The maximum absolute atomic E-state index is 11.2. The van der Waals surface area contributed by atoms with Gasteiger partial charge in [0.25, 0.3) is 0 Å². The quantitative estimate of drug-likeness (QED) is 0.878. The zero-order valence-corrected chi connectivity index (χ0v) is 11.5. The number of likely N-dealkylation sites (tertiary alicyclic amines) is 1. The third-order valence-corrected chi connectivity index (χ3v) is 3.99. The number of furan rings is 1. The highest BCUT2D eigenvalue weighted by Gasteiger charge is 2.40. The van der Waals surface area contributed by atoms with E-state index in [0.717, 1.165) is 25.0 Å². The third kappa shape index (κ3) is 3.10.